The van der Waals surface area contributed by atoms with Crippen LogP contribution in [0.2, 0.25) is 10.0 Å². The van der Waals surface area contributed by atoms with Gasteiger partial charge in [-0.3, -0.25) is 4.79 Å². The molecule has 1 aromatic carbocycles. The van der Waals surface area contributed by atoms with E-state index in [0.29, 0.717) is 21.8 Å². The maximum Gasteiger partial charge on any atom is 0.272 e. The molecule has 2 saturated heterocycles. The first-order valence-electron chi connectivity index (χ1n) is 11.9. The lowest BCUT2D eigenvalue weighted by atomic mass is 9.98. The second-order valence-corrected chi connectivity index (χ2v) is 10.0. The SMILES string of the molecule is Cc1c(CCCc2ccc(Cl)c(Cl)c2)ncnc1C(=O)N1CCC(N2CCC(O)CC2)CC1. The lowest BCUT2D eigenvalue weighted by Gasteiger charge is -2.41. The molecular weight excluding hydrogens is 459 g/mol. The lowest BCUT2D eigenvalue weighted by molar-refractivity contribution is 0.0355. The summed E-state index contributed by atoms with van der Waals surface area (Å²) in [5.41, 5.74) is 3.46. The van der Waals surface area contributed by atoms with E-state index in [2.05, 4.69) is 14.9 Å². The number of hydrogen-bond acceptors (Lipinski definition) is 5. The third kappa shape index (κ3) is 6.04. The summed E-state index contributed by atoms with van der Waals surface area (Å²) in [5, 5.41) is 10.9. The quantitative estimate of drug-likeness (QED) is 0.652. The topological polar surface area (TPSA) is 69.6 Å². The number of aliphatic hydroxyl groups excluding tert-OH is 1. The molecule has 0 saturated carbocycles. The van der Waals surface area contributed by atoms with Crippen LogP contribution in [-0.2, 0) is 12.8 Å². The van der Waals surface area contributed by atoms with Crippen LogP contribution in [0.15, 0.2) is 24.5 Å². The number of hydrogen-bond donors (Lipinski definition) is 1. The molecule has 2 aromatic rings. The number of likely N-dealkylation sites (tertiary alicyclic amines) is 2. The second kappa shape index (κ2) is 11.1. The fraction of sp³-hybridized carbons (Fsp3) is 0.560. The van der Waals surface area contributed by atoms with Crippen molar-refractivity contribution in [2.45, 2.75) is 64.0 Å². The Morgan fingerprint density at radius 1 is 1.03 bits per heavy atom. The zero-order chi connectivity index (χ0) is 23.4. The van der Waals surface area contributed by atoms with Crippen molar-refractivity contribution in [1.82, 2.24) is 19.8 Å². The van der Waals surface area contributed by atoms with Gasteiger partial charge in [-0.05, 0) is 69.6 Å². The van der Waals surface area contributed by atoms with Crippen molar-refractivity contribution in [3.05, 3.63) is 57.1 Å². The molecule has 1 N–H and O–H groups in total. The molecule has 1 aromatic heterocycles. The summed E-state index contributed by atoms with van der Waals surface area (Å²) >= 11 is 12.1. The Kier molecular flexibility index (Phi) is 8.23. The third-order valence-electron chi connectivity index (χ3n) is 7.02. The predicted octanol–water partition coefficient (Wildman–Crippen LogP) is 4.33. The van der Waals surface area contributed by atoms with Crippen LogP contribution in [0.5, 0.6) is 0 Å². The van der Waals surface area contributed by atoms with Crippen molar-refractivity contribution in [2.24, 2.45) is 0 Å². The number of carbonyl (C=O) groups is 1. The molecule has 178 valence electrons. The maximum absolute atomic E-state index is 13.2. The van der Waals surface area contributed by atoms with Crippen LogP contribution < -0.4 is 0 Å². The second-order valence-electron chi connectivity index (χ2n) is 9.19. The smallest absolute Gasteiger partial charge is 0.272 e. The van der Waals surface area contributed by atoms with E-state index in [9.17, 15) is 9.90 Å². The highest BCUT2D eigenvalue weighted by Gasteiger charge is 2.30. The molecule has 33 heavy (non-hydrogen) atoms. The molecule has 2 fully saturated rings. The van der Waals surface area contributed by atoms with Crippen LogP contribution in [0.4, 0.5) is 0 Å². The van der Waals surface area contributed by atoms with Crippen LogP contribution in [-0.4, -0.2) is 69.1 Å². The van der Waals surface area contributed by atoms with Gasteiger partial charge in [-0.2, -0.15) is 0 Å². The van der Waals surface area contributed by atoms with Crippen LogP contribution >= 0.6 is 23.2 Å². The van der Waals surface area contributed by atoms with Gasteiger partial charge >= 0.3 is 0 Å². The van der Waals surface area contributed by atoms with Crippen molar-refractivity contribution < 1.29 is 9.90 Å². The van der Waals surface area contributed by atoms with E-state index in [4.69, 9.17) is 23.2 Å². The summed E-state index contributed by atoms with van der Waals surface area (Å²) in [7, 11) is 0. The van der Waals surface area contributed by atoms with E-state index >= 15 is 0 Å². The van der Waals surface area contributed by atoms with Gasteiger partial charge in [0.2, 0.25) is 0 Å². The molecule has 1 amide bonds. The summed E-state index contributed by atoms with van der Waals surface area (Å²) in [6, 6.07) is 6.22. The highest BCUT2D eigenvalue weighted by molar-refractivity contribution is 6.42. The molecule has 0 aliphatic carbocycles. The van der Waals surface area contributed by atoms with Crippen molar-refractivity contribution >= 4 is 29.1 Å². The Morgan fingerprint density at radius 2 is 1.76 bits per heavy atom. The highest BCUT2D eigenvalue weighted by atomic mass is 35.5. The zero-order valence-electron chi connectivity index (χ0n) is 19.1. The number of halogens is 2. The molecule has 6 nitrogen and oxygen atoms in total. The van der Waals surface area contributed by atoms with Gasteiger partial charge in [0.05, 0.1) is 16.1 Å². The minimum atomic E-state index is -0.151. The van der Waals surface area contributed by atoms with Gasteiger partial charge in [0, 0.05) is 43.5 Å². The number of benzene rings is 1. The number of carbonyl (C=O) groups excluding carboxylic acids is 1. The highest BCUT2D eigenvalue weighted by Crippen LogP contribution is 2.25. The molecule has 0 unspecified atom stereocenters. The van der Waals surface area contributed by atoms with Crippen LogP contribution in [0.25, 0.3) is 0 Å². The Labute approximate surface area is 205 Å². The van der Waals surface area contributed by atoms with Gasteiger partial charge in [-0.1, -0.05) is 29.3 Å². The normalized spacial score (nSPS) is 18.6. The Bertz CT molecular complexity index is 971. The fourth-order valence-electron chi connectivity index (χ4n) is 4.94. The van der Waals surface area contributed by atoms with Crippen LogP contribution in [0, 0.1) is 6.92 Å². The number of aromatic nitrogens is 2. The zero-order valence-corrected chi connectivity index (χ0v) is 20.7. The molecule has 2 aliphatic heterocycles. The summed E-state index contributed by atoms with van der Waals surface area (Å²) in [4.78, 5) is 26.4. The molecular formula is C25H32Cl2N4O2. The predicted molar refractivity (Wildman–Crippen MR) is 131 cm³/mol. The van der Waals surface area contributed by atoms with E-state index in [0.717, 1.165) is 87.9 Å². The lowest BCUT2D eigenvalue weighted by Crippen LogP contribution is -2.49. The Hall–Kier alpha value is -1.73. The molecule has 0 bridgehead atoms. The Morgan fingerprint density at radius 3 is 2.45 bits per heavy atom. The number of rotatable bonds is 6. The summed E-state index contributed by atoms with van der Waals surface area (Å²) in [6.07, 6.45) is 7.56. The number of piperidine rings is 2. The van der Waals surface area contributed by atoms with Crippen molar-refractivity contribution in [1.29, 1.82) is 0 Å². The van der Waals surface area contributed by atoms with E-state index in [1.54, 1.807) is 0 Å². The molecule has 4 rings (SSSR count). The molecule has 3 heterocycles. The number of aliphatic hydroxyl groups is 1. The van der Waals surface area contributed by atoms with Gasteiger partial charge in [0.15, 0.2) is 0 Å². The number of nitrogens with zero attached hydrogens (tertiary/aromatic N) is 4. The van der Waals surface area contributed by atoms with E-state index in [1.165, 1.54) is 6.33 Å². The van der Waals surface area contributed by atoms with Gasteiger partial charge in [-0.25, -0.2) is 9.97 Å². The molecule has 0 radical (unpaired) electrons. The van der Waals surface area contributed by atoms with Gasteiger partial charge in [0.1, 0.15) is 12.0 Å². The molecule has 8 heteroatoms. The van der Waals surface area contributed by atoms with E-state index in [-0.39, 0.29) is 12.0 Å². The van der Waals surface area contributed by atoms with E-state index < -0.39 is 0 Å². The first kappa shape index (κ1) is 24.4. The number of aryl methyl sites for hydroxylation is 2. The van der Waals surface area contributed by atoms with Crippen molar-refractivity contribution in [2.75, 3.05) is 26.2 Å². The maximum atomic E-state index is 13.2. The van der Waals surface area contributed by atoms with Crippen LogP contribution in [0.3, 0.4) is 0 Å². The monoisotopic (exact) mass is 490 g/mol. The van der Waals surface area contributed by atoms with Gasteiger partial charge in [0.25, 0.3) is 5.91 Å². The first-order valence-corrected chi connectivity index (χ1v) is 12.6. The fourth-order valence-corrected chi connectivity index (χ4v) is 5.26. The van der Waals surface area contributed by atoms with Crippen LogP contribution in [0.1, 0.15) is 59.4 Å². The average molecular weight is 491 g/mol. The average Bonchev–Trinajstić information content (AvgIpc) is 2.83. The molecule has 0 atom stereocenters. The Balaban J connectivity index is 1.32. The molecule has 2 aliphatic rings. The summed E-state index contributed by atoms with van der Waals surface area (Å²) < 4.78 is 0. The van der Waals surface area contributed by atoms with E-state index in [1.807, 2.05) is 30.0 Å². The largest absolute Gasteiger partial charge is 0.393 e. The van der Waals surface area contributed by atoms with Gasteiger partial charge < -0.3 is 14.9 Å². The third-order valence-corrected chi connectivity index (χ3v) is 7.76. The molecule has 0 spiro atoms. The minimum absolute atomic E-state index is 0.00755. The van der Waals surface area contributed by atoms with Gasteiger partial charge in [-0.15, -0.1) is 0 Å². The number of amides is 1. The first-order chi connectivity index (χ1) is 15.9. The summed E-state index contributed by atoms with van der Waals surface area (Å²) in [6.45, 7) is 5.36. The summed E-state index contributed by atoms with van der Waals surface area (Å²) in [5.74, 6) is 0.00755. The van der Waals surface area contributed by atoms with Crippen molar-refractivity contribution in [3.63, 3.8) is 0 Å². The minimum Gasteiger partial charge on any atom is -0.393 e. The standard InChI is InChI=1S/C25H32Cl2N4O2/c1-17-23(4-2-3-18-5-6-21(26)22(27)15-18)28-16-29-24(17)25(33)31-11-7-19(8-12-31)30-13-9-20(32)10-14-30/h5-6,15-16,19-20,32H,2-4,7-14H2,1H3. The van der Waals surface area contributed by atoms with Crippen molar-refractivity contribution in [3.8, 4) is 0 Å².